The van der Waals surface area contributed by atoms with Crippen molar-refractivity contribution in [3.05, 3.63) is 48.2 Å². The SMILES string of the molecule is CN=C(N)c1cccc(N2CCN(c3ccc(N4CCC(C(=O)NC)CC4)cc3)C2=O)n1. The van der Waals surface area contributed by atoms with Crippen LogP contribution >= 0.6 is 0 Å². The Hall–Kier alpha value is -3.62. The number of hydrogen-bond acceptors (Lipinski definition) is 5. The van der Waals surface area contributed by atoms with Crippen molar-refractivity contribution in [2.45, 2.75) is 12.8 Å². The summed E-state index contributed by atoms with van der Waals surface area (Å²) in [6.07, 6.45) is 1.70. The van der Waals surface area contributed by atoms with Crippen LogP contribution in [0.3, 0.4) is 0 Å². The first-order chi connectivity index (χ1) is 15.5. The van der Waals surface area contributed by atoms with Crippen LogP contribution in [0, 0.1) is 5.92 Å². The lowest BCUT2D eigenvalue weighted by Crippen LogP contribution is -2.39. The summed E-state index contributed by atoms with van der Waals surface area (Å²) in [5, 5.41) is 2.74. The van der Waals surface area contributed by atoms with Gasteiger partial charge < -0.3 is 16.0 Å². The van der Waals surface area contributed by atoms with E-state index in [4.69, 9.17) is 5.73 Å². The fourth-order valence-corrected chi connectivity index (χ4v) is 4.27. The third-order valence-electron chi connectivity index (χ3n) is 6.16. The highest BCUT2D eigenvalue weighted by atomic mass is 16.2. The fourth-order valence-electron chi connectivity index (χ4n) is 4.27. The fraction of sp³-hybridized carbons (Fsp3) is 0.391. The van der Waals surface area contributed by atoms with E-state index >= 15 is 0 Å². The van der Waals surface area contributed by atoms with Crippen LogP contribution in [0.2, 0.25) is 0 Å². The number of urea groups is 1. The summed E-state index contributed by atoms with van der Waals surface area (Å²) in [4.78, 5) is 39.1. The van der Waals surface area contributed by atoms with E-state index in [9.17, 15) is 9.59 Å². The number of anilines is 3. The van der Waals surface area contributed by atoms with Crippen molar-refractivity contribution in [1.29, 1.82) is 0 Å². The molecule has 2 aliphatic rings. The number of piperidine rings is 1. The van der Waals surface area contributed by atoms with Crippen molar-refractivity contribution < 1.29 is 9.59 Å². The maximum atomic E-state index is 13.1. The summed E-state index contributed by atoms with van der Waals surface area (Å²) < 4.78 is 0. The molecule has 3 heterocycles. The topological polar surface area (TPSA) is 107 Å². The van der Waals surface area contributed by atoms with Gasteiger partial charge in [0.15, 0.2) is 0 Å². The van der Waals surface area contributed by atoms with Crippen molar-refractivity contribution in [1.82, 2.24) is 10.3 Å². The number of benzene rings is 1. The molecule has 0 aliphatic carbocycles. The van der Waals surface area contributed by atoms with Crippen molar-refractivity contribution in [3.8, 4) is 0 Å². The average Bonchev–Trinajstić information content (AvgIpc) is 3.24. The lowest BCUT2D eigenvalue weighted by Gasteiger charge is -2.33. The smallest absolute Gasteiger partial charge is 0.330 e. The summed E-state index contributed by atoms with van der Waals surface area (Å²) in [6, 6.07) is 13.3. The first-order valence-electron chi connectivity index (χ1n) is 10.9. The number of nitrogens with two attached hydrogens (primary N) is 1. The Labute approximate surface area is 187 Å². The van der Waals surface area contributed by atoms with E-state index in [1.165, 1.54) is 0 Å². The standard InChI is InChI=1S/C23H29N7O2/c1-25-21(24)19-4-3-5-20(27-19)30-15-14-29(23(30)32)18-8-6-17(7-9-18)28-12-10-16(11-13-28)22(31)26-2/h3-9,16H,10-15H2,1-2H3,(H2,24,25)(H,26,31). The van der Waals surface area contributed by atoms with Gasteiger partial charge in [-0.3, -0.25) is 19.6 Å². The highest BCUT2D eigenvalue weighted by molar-refractivity contribution is 6.06. The summed E-state index contributed by atoms with van der Waals surface area (Å²) in [5.41, 5.74) is 8.39. The van der Waals surface area contributed by atoms with Crippen LogP contribution in [0.5, 0.6) is 0 Å². The lowest BCUT2D eigenvalue weighted by atomic mass is 9.95. The molecule has 168 valence electrons. The van der Waals surface area contributed by atoms with Crippen LogP contribution in [0.1, 0.15) is 18.5 Å². The lowest BCUT2D eigenvalue weighted by molar-refractivity contribution is -0.125. The first kappa shape index (κ1) is 21.6. The zero-order valence-electron chi connectivity index (χ0n) is 18.5. The molecule has 0 bridgehead atoms. The molecule has 9 nitrogen and oxygen atoms in total. The monoisotopic (exact) mass is 435 g/mol. The molecule has 32 heavy (non-hydrogen) atoms. The average molecular weight is 436 g/mol. The molecular formula is C23H29N7O2. The molecule has 2 aromatic rings. The Bertz CT molecular complexity index is 1010. The molecule has 2 saturated heterocycles. The number of amides is 3. The van der Waals surface area contributed by atoms with Crippen LogP contribution in [0.15, 0.2) is 47.5 Å². The zero-order valence-corrected chi connectivity index (χ0v) is 18.5. The molecule has 9 heteroatoms. The van der Waals surface area contributed by atoms with Crippen LogP contribution in [-0.2, 0) is 4.79 Å². The van der Waals surface area contributed by atoms with Crippen LogP contribution in [0.25, 0.3) is 0 Å². The first-order valence-corrected chi connectivity index (χ1v) is 10.9. The van der Waals surface area contributed by atoms with Gasteiger partial charge in [0.2, 0.25) is 5.91 Å². The molecule has 1 aromatic carbocycles. The number of nitrogens with one attached hydrogen (secondary N) is 1. The molecule has 3 amide bonds. The maximum absolute atomic E-state index is 13.1. The Morgan fingerprint density at radius 3 is 2.34 bits per heavy atom. The normalized spacial score (nSPS) is 17.8. The molecule has 3 N–H and O–H groups in total. The Morgan fingerprint density at radius 1 is 1.03 bits per heavy atom. The molecule has 2 fully saturated rings. The van der Waals surface area contributed by atoms with E-state index in [-0.39, 0.29) is 17.9 Å². The summed E-state index contributed by atoms with van der Waals surface area (Å²) in [7, 11) is 3.30. The molecule has 4 rings (SSSR count). The van der Waals surface area contributed by atoms with Gasteiger partial charge >= 0.3 is 6.03 Å². The molecule has 0 spiro atoms. The minimum Gasteiger partial charge on any atom is -0.382 e. The van der Waals surface area contributed by atoms with Gasteiger partial charge in [-0.15, -0.1) is 0 Å². The summed E-state index contributed by atoms with van der Waals surface area (Å²) in [6.45, 7) is 2.83. The van der Waals surface area contributed by atoms with E-state index in [0.717, 1.165) is 37.3 Å². The van der Waals surface area contributed by atoms with Crippen molar-refractivity contribution in [3.63, 3.8) is 0 Å². The van der Waals surface area contributed by atoms with Gasteiger partial charge in [-0.2, -0.15) is 0 Å². The second-order valence-corrected chi connectivity index (χ2v) is 7.97. The number of rotatable bonds is 5. The Balaban J connectivity index is 1.42. The van der Waals surface area contributed by atoms with Gasteiger partial charge in [0.25, 0.3) is 0 Å². The Kier molecular flexibility index (Phi) is 6.25. The van der Waals surface area contributed by atoms with Gasteiger partial charge in [-0.1, -0.05) is 6.07 Å². The number of aromatic nitrogens is 1. The third-order valence-corrected chi connectivity index (χ3v) is 6.16. The maximum Gasteiger partial charge on any atom is 0.330 e. The number of carbonyl (C=O) groups excluding carboxylic acids is 2. The van der Waals surface area contributed by atoms with Gasteiger partial charge in [0.1, 0.15) is 17.3 Å². The molecule has 1 aromatic heterocycles. The molecule has 2 aliphatic heterocycles. The van der Waals surface area contributed by atoms with Crippen LogP contribution < -0.4 is 25.8 Å². The predicted molar refractivity (Wildman–Crippen MR) is 126 cm³/mol. The summed E-state index contributed by atoms with van der Waals surface area (Å²) >= 11 is 0. The van der Waals surface area contributed by atoms with E-state index in [1.54, 1.807) is 36.0 Å². The largest absolute Gasteiger partial charge is 0.382 e. The van der Waals surface area contributed by atoms with Gasteiger partial charge in [-0.05, 0) is 49.2 Å². The minimum absolute atomic E-state index is 0.0924. The number of nitrogens with zero attached hydrogens (tertiary/aromatic N) is 5. The molecular weight excluding hydrogens is 406 g/mol. The van der Waals surface area contributed by atoms with Crippen LogP contribution in [-0.4, -0.2) is 63.0 Å². The third kappa shape index (κ3) is 4.23. The van der Waals surface area contributed by atoms with E-state index in [2.05, 4.69) is 20.2 Å². The molecule has 0 saturated carbocycles. The predicted octanol–water partition coefficient (Wildman–Crippen LogP) is 1.83. The number of amidine groups is 1. The van der Waals surface area contributed by atoms with Gasteiger partial charge in [0.05, 0.1) is 0 Å². The number of aliphatic imine (C=N–C) groups is 1. The van der Waals surface area contributed by atoms with Crippen LogP contribution in [0.4, 0.5) is 22.0 Å². The highest BCUT2D eigenvalue weighted by Crippen LogP contribution is 2.28. The molecule has 0 radical (unpaired) electrons. The van der Waals surface area contributed by atoms with E-state index < -0.39 is 0 Å². The second-order valence-electron chi connectivity index (χ2n) is 7.97. The van der Waals surface area contributed by atoms with Crippen molar-refractivity contribution >= 4 is 35.0 Å². The highest BCUT2D eigenvalue weighted by Gasteiger charge is 2.32. The molecule has 0 atom stereocenters. The number of pyridine rings is 1. The quantitative estimate of drug-likeness (QED) is 0.550. The van der Waals surface area contributed by atoms with Crippen molar-refractivity contribution in [2.24, 2.45) is 16.6 Å². The van der Waals surface area contributed by atoms with Gasteiger partial charge in [-0.25, -0.2) is 9.78 Å². The number of carbonyl (C=O) groups is 2. The van der Waals surface area contributed by atoms with E-state index in [0.29, 0.717) is 30.4 Å². The molecule has 0 unspecified atom stereocenters. The Morgan fingerprint density at radius 2 is 1.69 bits per heavy atom. The van der Waals surface area contributed by atoms with Crippen molar-refractivity contribution in [2.75, 3.05) is 55.0 Å². The zero-order chi connectivity index (χ0) is 22.7. The minimum atomic E-state index is -0.110. The number of hydrogen-bond donors (Lipinski definition) is 2. The summed E-state index contributed by atoms with van der Waals surface area (Å²) in [5.74, 6) is 1.12. The second kappa shape index (κ2) is 9.25. The van der Waals surface area contributed by atoms with Gasteiger partial charge in [0, 0.05) is 57.6 Å². The van der Waals surface area contributed by atoms with E-state index in [1.807, 2.05) is 30.3 Å².